The molecule has 0 bridgehead atoms. The van der Waals surface area contributed by atoms with Crippen LogP contribution in [-0.2, 0) is 24.2 Å². The number of nitrogens with zero attached hydrogens (tertiary/aromatic N) is 1. The Labute approximate surface area is 188 Å². The van der Waals surface area contributed by atoms with Crippen molar-refractivity contribution < 1.29 is 51.9 Å². The molecular formula is C18H25NO11S2. The van der Waals surface area contributed by atoms with E-state index in [2.05, 4.69) is 9.44 Å². The number of thioether (sulfide) groups is 1. The van der Waals surface area contributed by atoms with Gasteiger partial charge in [0.25, 0.3) is 0 Å². The molecule has 180 valence electrons. The number of ether oxygens (including phenoxy) is 2. The molecule has 1 aromatic carbocycles. The molecule has 5 N–H and O–H groups in total. The van der Waals surface area contributed by atoms with Gasteiger partial charge in [-0.3, -0.25) is 4.55 Å². The first-order chi connectivity index (χ1) is 15.1. The number of hydrogen-bond donors (Lipinski definition) is 5. The Bertz CT molecular complexity index is 863. The van der Waals surface area contributed by atoms with E-state index >= 15 is 0 Å². The van der Waals surface area contributed by atoms with Crippen LogP contribution in [0.1, 0.15) is 29.6 Å². The molecule has 12 nitrogen and oxygen atoms in total. The maximum absolute atomic E-state index is 11.9. The van der Waals surface area contributed by atoms with Gasteiger partial charge in [-0.25, -0.2) is 9.08 Å². The highest BCUT2D eigenvalue weighted by atomic mass is 32.3. The highest BCUT2D eigenvalue weighted by molar-refractivity contribution is 8.14. The summed E-state index contributed by atoms with van der Waals surface area (Å²) in [4.78, 5) is 11.9. The minimum atomic E-state index is -4.89. The molecule has 0 saturated carbocycles. The standard InChI is InChI=1S/C18H25NO11S2/c20-10-12-14(21)15(22)16(23)18(29-12)31-13(19-30-32(25,26)27)8-4-5-9-28-17(24)11-6-2-1-3-7-11/h1-3,6-7,12,14-16,18,20-23H,4-5,8-10H2,(H,25,26,27). The summed E-state index contributed by atoms with van der Waals surface area (Å²) in [7, 11) is -4.89. The number of carbonyl (C=O) groups is 1. The molecule has 0 radical (unpaired) electrons. The first-order valence-corrected chi connectivity index (χ1v) is 11.8. The van der Waals surface area contributed by atoms with E-state index in [0.717, 1.165) is 0 Å². The summed E-state index contributed by atoms with van der Waals surface area (Å²) >= 11 is 0.688. The van der Waals surface area contributed by atoms with Gasteiger partial charge in [-0.05, 0) is 31.4 Å². The van der Waals surface area contributed by atoms with E-state index in [-0.39, 0.29) is 18.1 Å². The van der Waals surface area contributed by atoms with Crippen molar-refractivity contribution in [3.63, 3.8) is 0 Å². The van der Waals surface area contributed by atoms with Crippen molar-refractivity contribution in [2.75, 3.05) is 13.2 Å². The Morgan fingerprint density at radius 2 is 1.78 bits per heavy atom. The molecular weight excluding hydrogens is 470 g/mol. The quantitative estimate of drug-likeness (QED) is 0.0710. The molecule has 1 saturated heterocycles. The van der Waals surface area contributed by atoms with Gasteiger partial charge in [0.05, 0.1) is 18.8 Å². The second-order valence-electron chi connectivity index (χ2n) is 6.76. The predicted molar refractivity (Wildman–Crippen MR) is 112 cm³/mol. The van der Waals surface area contributed by atoms with Crippen LogP contribution >= 0.6 is 11.8 Å². The van der Waals surface area contributed by atoms with Crippen molar-refractivity contribution in [1.29, 1.82) is 0 Å². The van der Waals surface area contributed by atoms with Crippen molar-refractivity contribution in [3.8, 4) is 0 Å². The smallest absolute Gasteiger partial charge is 0.462 e. The fourth-order valence-electron chi connectivity index (χ4n) is 2.71. The summed E-state index contributed by atoms with van der Waals surface area (Å²) in [5.41, 5.74) is -0.820. The highest BCUT2D eigenvalue weighted by Gasteiger charge is 2.44. The third-order valence-electron chi connectivity index (χ3n) is 4.36. The van der Waals surface area contributed by atoms with Gasteiger partial charge in [-0.1, -0.05) is 35.1 Å². The van der Waals surface area contributed by atoms with Crippen molar-refractivity contribution in [1.82, 2.24) is 0 Å². The molecule has 32 heavy (non-hydrogen) atoms. The number of esters is 1. The summed E-state index contributed by atoms with van der Waals surface area (Å²) in [6.45, 7) is -0.562. The monoisotopic (exact) mass is 495 g/mol. The zero-order chi connectivity index (χ0) is 23.7. The number of unbranched alkanes of at least 4 members (excludes halogenated alkanes) is 1. The first kappa shape index (κ1) is 26.5. The SMILES string of the molecule is O=C(OCCCCC(=NOS(=O)(=O)O)SC1OC(CO)C(O)C(O)C1O)c1ccccc1. The fourth-order valence-corrected chi connectivity index (χ4v) is 4.05. The summed E-state index contributed by atoms with van der Waals surface area (Å²) in [5.74, 6) is -0.495. The molecule has 1 fully saturated rings. The van der Waals surface area contributed by atoms with Crippen molar-refractivity contribution in [2.45, 2.75) is 49.1 Å². The van der Waals surface area contributed by atoms with Gasteiger partial charge in [0.2, 0.25) is 0 Å². The number of aliphatic hydroxyl groups excluding tert-OH is 4. The molecule has 0 amide bonds. The maximum atomic E-state index is 11.9. The Balaban J connectivity index is 1.92. The van der Waals surface area contributed by atoms with Crippen LogP contribution in [0.3, 0.4) is 0 Å². The lowest BCUT2D eigenvalue weighted by atomic mass is 10.0. The lowest BCUT2D eigenvalue weighted by Gasteiger charge is -2.39. The molecule has 1 aliphatic rings. The summed E-state index contributed by atoms with van der Waals surface area (Å²) in [5, 5.41) is 42.4. The molecule has 0 aliphatic carbocycles. The molecule has 5 atom stereocenters. The van der Waals surface area contributed by atoms with E-state index < -0.39 is 52.8 Å². The Kier molecular flexibility index (Phi) is 10.3. The Hall–Kier alpha value is -1.78. The van der Waals surface area contributed by atoms with Gasteiger partial charge in [-0.15, -0.1) is 0 Å². The van der Waals surface area contributed by atoms with Gasteiger partial charge in [0.15, 0.2) is 0 Å². The molecule has 0 aromatic heterocycles. The Morgan fingerprint density at radius 1 is 1.09 bits per heavy atom. The van der Waals surface area contributed by atoms with Crippen LogP contribution in [0.15, 0.2) is 35.5 Å². The largest absolute Gasteiger partial charge is 0.466 e. The van der Waals surface area contributed by atoms with Crippen LogP contribution in [0.4, 0.5) is 0 Å². The van der Waals surface area contributed by atoms with Crippen LogP contribution in [-0.4, -0.2) is 87.5 Å². The number of rotatable bonds is 10. The normalized spacial score (nSPS) is 26.5. The van der Waals surface area contributed by atoms with E-state index in [1.165, 1.54) is 0 Å². The second kappa shape index (κ2) is 12.5. The molecule has 14 heteroatoms. The zero-order valence-electron chi connectivity index (χ0n) is 16.8. The minimum absolute atomic E-state index is 0.0265. The lowest BCUT2D eigenvalue weighted by molar-refractivity contribution is -0.205. The number of carbonyl (C=O) groups excluding carboxylic acids is 1. The van der Waals surface area contributed by atoms with E-state index in [0.29, 0.717) is 30.2 Å². The molecule has 1 aliphatic heterocycles. The number of oxime groups is 1. The van der Waals surface area contributed by atoms with Gasteiger partial charge in [0, 0.05) is 0 Å². The number of benzene rings is 1. The van der Waals surface area contributed by atoms with E-state index in [4.69, 9.17) is 14.0 Å². The van der Waals surface area contributed by atoms with Gasteiger partial charge >= 0.3 is 16.4 Å². The highest BCUT2D eigenvalue weighted by Crippen LogP contribution is 2.30. The maximum Gasteiger partial charge on any atom is 0.466 e. The van der Waals surface area contributed by atoms with E-state index in [9.17, 15) is 33.6 Å². The van der Waals surface area contributed by atoms with Crippen molar-refractivity contribution in [3.05, 3.63) is 35.9 Å². The summed E-state index contributed by atoms with van der Waals surface area (Å²) in [6.07, 6.45) is -5.12. The molecule has 1 aromatic rings. The summed E-state index contributed by atoms with van der Waals surface area (Å²) < 4.78 is 44.9. The second-order valence-corrected chi connectivity index (χ2v) is 8.94. The van der Waals surface area contributed by atoms with Crippen molar-refractivity contribution in [2.24, 2.45) is 5.16 Å². The van der Waals surface area contributed by atoms with E-state index in [1.807, 2.05) is 0 Å². The van der Waals surface area contributed by atoms with E-state index in [1.54, 1.807) is 30.3 Å². The molecule has 2 rings (SSSR count). The average Bonchev–Trinajstić information content (AvgIpc) is 2.77. The van der Waals surface area contributed by atoms with Gasteiger partial charge in [0.1, 0.15) is 34.9 Å². The fraction of sp³-hybridized carbons (Fsp3) is 0.556. The molecule has 5 unspecified atom stereocenters. The first-order valence-electron chi connectivity index (χ1n) is 9.54. The number of aliphatic hydroxyl groups is 4. The lowest BCUT2D eigenvalue weighted by Crippen LogP contribution is -2.57. The third-order valence-corrected chi connectivity index (χ3v) is 5.80. The molecule has 0 spiro atoms. The average molecular weight is 496 g/mol. The number of hydrogen-bond acceptors (Lipinski definition) is 12. The van der Waals surface area contributed by atoms with Crippen LogP contribution in [0.25, 0.3) is 0 Å². The van der Waals surface area contributed by atoms with Crippen LogP contribution in [0.2, 0.25) is 0 Å². The Morgan fingerprint density at radius 3 is 2.41 bits per heavy atom. The van der Waals surface area contributed by atoms with Crippen LogP contribution in [0, 0.1) is 0 Å². The predicted octanol–water partition coefficient (Wildman–Crippen LogP) is -0.320. The summed E-state index contributed by atoms with van der Waals surface area (Å²) in [6, 6.07) is 8.38. The third kappa shape index (κ3) is 8.29. The zero-order valence-corrected chi connectivity index (χ0v) is 18.4. The topological polar surface area (TPSA) is 192 Å². The van der Waals surface area contributed by atoms with Crippen molar-refractivity contribution >= 4 is 33.2 Å². The van der Waals surface area contributed by atoms with Gasteiger partial charge in [-0.2, -0.15) is 8.42 Å². The van der Waals surface area contributed by atoms with Crippen LogP contribution in [0.5, 0.6) is 0 Å². The molecule has 1 heterocycles. The minimum Gasteiger partial charge on any atom is -0.462 e. The van der Waals surface area contributed by atoms with Gasteiger partial charge < -0.3 is 29.9 Å². The van der Waals surface area contributed by atoms with Crippen LogP contribution < -0.4 is 0 Å².